The number of nitrogens with zero attached hydrogens (tertiary/aromatic N) is 2. The zero-order valence-electron chi connectivity index (χ0n) is 11.6. The smallest absolute Gasteiger partial charge is 0.123 e. The van der Waals surface area contributed by atoms with Gasteiger partial charge in [0.15, 0.2) is 0 Å². The Morgan fingerprint density at radius 2 is 1.86 bits per heavy atom. The molecule has 1 fully saturated rings. The lowest BCUT2D eigenvalue weighted by Gasteiger charge is -2.20. The molecule has 0 spiro atoms. The number of anilines is 1. The number of nitriles is 1. The van der Waals surface area contributed by atoms with Crippen LogP contribution in [0, 0.1) is 17.1 Å². The summed E-state index contributed by atoms with van der Waals surface area (Å²) in [6.45, 7) is 1.66. The van der Waals surface area contributed by atoms with Crippen LogP contribution in [0.3, 0.4) is 0 Å². The maximum Gasteiger partial charge on any atom is 0.123 e. The van der Waals surface area contributed by atoms with Crippen molar-refractivity contribution < 1.29 is 4.39 Å². The molecule has 106 valence electrons. The number of hydrogen-bond donors (Lipinski definition) is 1. The van der Waals surface area contributed by atoms with E-state index in [0.29, 0.717) is 5.56 Å². The van der Waals surface area contributed by atoms with Gasteiger partial charge in [-0.15, -0.1) is 0 Å². The van der Waals surface area contributed by atoms with Crippen LogP contribution in [0.2, 0.25) is 0 Å². The topological polar surface area (TPSA) is 53.0 Å². The van der Waals surface area contributed by atoms with Crippen LogP contribution in [-0.2, 0) is 0 Å². The molecule has 3 nitrogen and oxygen atoms in total. The van der Waals surface area contributed by atoms with Gasteiger partial charge in [-0.1, -0.05) is 18.2 Å². The van der Waals surface area contributed by atoms with Crippen LogP contribution in [0.4, 0.5) is 10.1 Å². The predicted octanol–water partition coefficient (Wildman–Crippen LogP) is 2.90. The highest BCUT2D eigenvalue weighted by molar-refractivity contribution is 5.71. The van der Waals surface area contributed by atoms with E-state index in [4.69, 9.17) is 5.73 Å². The Hall–Kier alpha value is -2.38. The van der Waals surface area contributed by atoms with E-state index in [1.165, 1.54) is 12.1 Å². The molecule has 0 aliphatic carbocycles. The summed E-state index contributed by atoms with van der Waals surface area (Å²) >= 11 is 0. The molecule has 3 rings (SSSR count). The largest absolute Gasteiger partial charge is 0.369 e. The first kappa shape index (κ1) is 13.6. The third-order valence-electron chi connectivity index (χ3n) is 3.86. The minimum Gasteiger partial charge on any atom is -0.369 e. The van der Waals surface area contributed by atoms with E-state index in [2.05, 4.69) is 11.0 Å². The molecule has 0 aromatic heterocycles. The summed E-state index contributed by atoms with van der Waals surface area (Å²) < 4.78 is 13.0. The van der Waals surface area contributed by atoms with Gasteiger partial charge >= 0.3 is 0 Å². The van der Waals surface area contributed by atoms with E-state index >= 15 is 0 Å². The van der Waals surface area contributed by atoms with Crippen molar-refractivity contribution in [2.75, 3.05) is 18.0 Å². The summed E-state index contributed by atoms with van der Waals surface area (Å²) in [5, 5.41) is 9.39. The lowest BCUT2D eigenvalue weighted by atomic mass is 10.0. The molecule has 2 aromatic carbocycles. The van der Waals surface area contributed by atoms with E-state index in [9.17, 15) is 9.65 Å². The number of halogens is 1. The quantitative estimate of drug-likeness (QED) is 0.921. The van der Waals surface area contributed by atoms with Gasteiger partial charge in [0.2, 0.25) is 0 Å². The van der Waals surface area contributed by atoms with Crippen molar-refractivity contribution in [1.29, 1.82) is 5.26 Å². The SMILES string of the molecule is N#Cc1cc(-c2ccc(F)cc2)ccc1N1CC[C@H](N)C1. The fourth-order valence-corrected chi connectivity index (χ4v) is 2.73. The van der Waals surface area contributed by atoms with Crippen molar-refractivity contribution in [1.82, 2.24) is 0 Å². The number of nitrogens with two attached hydrogens (primary N) is 1. The molecule has 1 heterocycles. The molecular weight excluding hydrogens is 265 g/mol. The molecule has 0 saturated carbocycles. The van der Waals surface area contributed by atoms with E-state index in [-0.39, 0.29) is 11.9 Å². The summed E-state index contributed by atoms with van der Waals surface area (Å²) in [4.78, 5) is 2.15. The number of hydrogen-bond acceptors (Lipinski definition) is 3. The van der Waals surface area contributed by atoms with Crippen LogP contribution in [-0.4, -0.2) is 19.1 Å². The second-order valence-corrected chi connectivity index (χ2v) is 5.35. The first-order valence-corrected chi connectivity index (χ1v) is 6.98. The second kappa shape index (κ2) is 5.55. The molecule has 1 aliphatic heterocycles. The van der Waals surface area contributed by atoms with E-state index < -0.39 is 0 Å². The van der Waals surface area contributed by atoms with Gasteiger partial charge in [-0.25, -0.2) is 4.39 Å². The van der Waals surface area contributed by atoms with Gasteiger partial charge in [0.1, 0.15) is 11.9 Å². The van der Waals surface area contributed by atoms with Crippen molar-refractivity contribution in [3.63, 3.8) is 0 Å². The average molecular weight is 281 g/mol. The van der Waals surface area contributed by atoms with Crippen molar-refractivity contribution >= 4 is 5.69 Å². The highest BCUT2D eigenvalue weighted by atomic mass is 19.1. The Kier molecular flexibility index (Phi) is 3.59. The minimum atomic E-state index is -0.262. The van der Waals surface area contributed by atoms with Crippen molar-refractivity contribution in [2.24, 2.45) is 5.73 Å². The monoisotopic (exact) mass is 281 g/mol. The number of benzene rings is 2. The van der Waals surface area contributed by atoms with Crippen molar-refractivity contribution in [2.45, 2.75) is 12.5 Å². The van der Waals surface area contributed by atoms with Crippen LogP contribution in [0.1, 0.15) is 12.0 Å². The van der Waals surface area contributed by atoms with Crippen molar-refractivity contribution in [3.8, 4) is 17.2 Å². The molecule has 1 aliphatic rings. The molecule has 1 atom stereocenters. The minimum absolute atomic E-state index is 0.174. The lowest BCUT2D eigenvalue weighted by molar-refractivity contribution is 0.628. The van der Waals surface area contributed by atoms with E-state index in [1.54, 1.807) is 12.1 Å². The Morgan fingerprint density at radius 3 is 2.48 bits per heavy atom. The normalized spacial score (nSPS) is 17.8. The summed E-state index contributed by atoms with van der Waals surface area (Å²) in [5.74, 6) is -0.262. The molecule has 21 heavy (non-hydrogen) atoms. The van der Waals surface area contributed by atoms with Crippen LogP contribution in [0.15, 0.2) is 42.5 Å². The maximum atomic E-state index is 13.0. The van der Waals surface area contributed by atoms with Gasteiger partial charge in [0.25, 0.3) is 0 Å². The summed E-state index contributed by atoms with van der Waals surface area (Å²) in [5.41, 5.74) is 9.30. The summed E-state index contributed by atoms with van der Waals surface area (Å²) in [7, 11) is 0. The summed E-state index contributed by atoms with van der Waals surface area (Å²) in [6, 6.07) is 14.5. The molecule has 0 bridgehead atoms. The van der Waals surface area contributed by atoms with Crippen LogP contribution in [0.5, 0.6) is 0 Å². The molecular formula is C17H16FN3. The van der Waals surface area contributed by atoms with Gasteiger partial charge in [0, 0.05) is 19.1 Å². The highest BCUT2D eigenvalue weighted by Crippen LogP contribution is 2.29. The first-order chi connectivity index (χ1) is 10.2. The van der Waals surface area contributed by atoms with Crippen LogP contribution >= 0.6 is 0 Å². The molecule has 0 unspecified atom stereocenters. The fraction of sp³-hybridized carbons (Fsp3) is 0.235. The Bertz CT molecular complexity index is 688. The summed E-state index contributed by atoms with van der Waals surface area (Å²) in [6.07, 6.45) is 0.949. The molecule has 0 amide bonds. The standard InChI is InChI=1S/C17H16FN3/c18-15-4-1-12(2-5-15)13-3-6-17(14(9-13)10-19)21-8-7-16(20)11-21/h1-6,9,16H,7-8,11,20H2/t16-/m0/s1. The van der Waals surface area contributed by atoms with Gasteiger partial charge in [-0.3, -0.25) is 0 Å². The molecule has 4 heteroatoms. The fourth-order valence-electron chi connectivity index (χ4n) is 2.73. The van der Waals surface area contributed by atoms with E-state index in [1.807, 2.05) is 18.2 Å². The molecule has 2 aromatic rings. The molecule has 2 N–H and O–H groups in total. The van der Waals surface area contributed by atoms with Gasteiger partial charge < -0.3 is 10.6 Å². The third kappa shape index (κ3) is 2.74. The van der Waals surface area contributed by atoms with Crippen LogP contribution in [0.25, 0.3) is 11.1 Å². The predicted molar refractivity (Wildman–Crippen MR) is 81.4 cm³/mol. The highest BCUT2D eigenvalue weighted by Gasteiger charge is 2.21. The Labute approximate surface area is 123 Å². The molecule has 1 saturated heterocycles. The van der Waals surface area contributed by atoms with Crippen LogP contribution < -0.4 is 10.6 Å². The second-order valence-electron chi connectivity index (χ2n) is 5.35. The van der Waals surface area contributed by atoms with Crippen molar-refractivity contribution in [3.05, 3.63) is 53.8 Å². The third-order valence-corrected chi connectivity index (χ3v) is 3.86. The zero-order valence-corrected chi connectivity index (χ0v) is 11.6. The maximum absolute atomic E-state index is 13.0. The van der Waals surface area contributed by atoms with Gasteiger partial charge in [-0.05, 0) is 41.8 Å². The number of rotatable bonds is 2. The van der Waals surface area contributed by atoms with Gasteiger partial charge in [0.05, 0.1) is 11.3 Å². The Balaban J connectivity index is 1.96. The van der Waals surface area contributed by atoms with Gasteiger partial charge in [-0.2, -0.15) is 5.26 Å². The average Bonchev–Trinajstić information content (AvgIpc) is 2.94. The molecule has 0 radical (unpaired) electrons. The van der Waals surface area contributed by atoms with E-state index in [0.717, 1.165) is 36.3 Å². The zero-order chi connectivity index (χ0) is 14.8. The first-order valence-electron chi connectivity index (χ1n) is 6.98. The Morgan fingerprint density at radius 1 is 1.14 bits per heavy atom. The lowest BCUT2D eigenvalue weighted by Crippen LogP contribution is -2.26.